The van der Waals surface area contributed by atoms with E-state index in [4.69, 9.17) is 10.5 Å². The van der Waals surface area contributed by atoms with E-state index < -0.39 is 6.04 Å². The molecule has 2 rings (SSSR count). The molecule has 0 saturated heterocycles. The Hall–Kier alpha value is -2.50. The van der Waals surface area contributed by atoms with Crippen LogP contribution in [0.15, 0.2) is 36.5 Å². The Morgan fingerprint density at radius 1 is 1.37 bits per heavy atom. The van der Waals surface area contributed by atoms with Crippen LogP contribution in [0.1, 0.15) is 13.0 Å². The van der Waals surface area contributed by atoms with Crippen molar-refractivity contribution in [3.63, 3.8) is 0 Å². The first-order chi connectivity index (χ1) is 9.10. The number of amides is 1. The molecule has 6 heteroatoms. The predicted molar refractivity (Wildman–Crippen MR) is 73.0 cm³/mol. The van der Waals surface area contributed by atoms with Crippen molar-refractivity contribution in [3.05, 3.63) is 36.5 Å². The number of nitrogens with two attached hydrogens (primary N) is 1. The van der Waals surface area contributed by atoms with Gasteiger partial charge < -0.3 is 15.8 Å². The molecule has 100 valence electrons. The highest BCUT2D eigenvalue weighted by atomic mass is 16.5. The Morgan fingerprint density at radius 2 is 2.05 bits per heavy atom. The van der Waals surface area contributed by atoms with Crippen LogP contribution in [-0.2, 0) is 4.79 Å². The highest BCUT2D eigenvalue weighted by molar-refractivity contribution is 5.93. The fourth-order valence-electron chi connectivity index (χ4n) is 1.61. The maximum absolute atomic E-state index is 12.0. The molecule has 0 aliphatic rings. The van der Waals surface area contributed by atoms with Crippen LogP contribution in [0.4, 0.5) is 11.5 Å². The Labute approximate surface area is 111 Å². The zero-order chi connectivity index (χ0) is 13.8. The smallest absolute Gasteiger partial charge is 0.248 e. The van der Waals surface area contributed by atoms with E-state index in [1.54, 1.807) is 50.6 Å². The molecule has 0 aliphatic heterocycles. The van der Waals surface area contributed by atoms with Gasteiger partial charge in [0.15, 0.2) is 0 Å². The monoisotopic (exact) mass is 260 g/mol. The van der Waals surface area contributed by atoms with Gasteiger partial charge >= 0.3 is 0 Å². The fourth-order valence-corrected chi connectivity index (χ4v) is 1.61. The number of hydrogen-bond donors (Lipinski definition) is 2. The minimum Gasteiger partial charge on any atom is -0.497 e. The molecule has 6 nitrogen and oxygen atoms in total. The second-order valence-corrected chi connectivity index (χ2v) is 4.11. The molecular weight excluding hydrogens is 244 g/mol. The lowest BCUT2D eigenvalue weighted by Crippen LogP contribution is -2.24. The number of carbonyl (C=O) groups is 1. The molecule has 0 radical (unpaired) electrons. The van der Waals surface area contributed by atoms with Crippen molar-refractivity contribution in [1.29, 1.82) is 0 Å². The molecule has 0 fully saturated rings. The van der Waals surface area contributed by atoms with Crippen LogP contribution in [0.2, 0.25) is 0 Å². The number of nitrogens with zero attached hydrogens (tertiary/aromatic N) is 2. The van der Waals surface area contributed by atoms with Gasteiger partial charge in [-0.15, -0.1) is 0 Å². The minimum atomic E-state index is -0.431. The van der Waals surface area contributed by atoms with E-state index in [0.717, 1.165) is 5.75 Å². The average Bonchev–Trinajstić information content (AvgIpc) is 2.85. The molecule has 0 saturated carbocycles. The highest BCUT2D eigenvalue weighted by Gasteiger charge is 2.15. The van der Waals surface area contributed by atoms with E-state index in [1.165, 1.54) is 4.68 Å². The average molecular weight is 260 g/mol. The number of anilines is 2. The number of hydrogen-bond acceptors (Lipinski definition) is 4. The third-order valence-electron chi connectivity index (χ3n) is 2.76. The van der Waals surface area contributed by atoms with Crippen LogP contribution < -0.4 is 15.8 Å². The number of aromatic nitrogens is 2. The summed E-state index contributed by atoms with van der Waals surface area (Å²) in [5.41, 5.74) is 6.23. The summed E-state index contributed by atoms with van der Waals surface area (Å²) in [6.07, 6.45) is 1.67. The summed E-state index contributed by atoms with van der Waals surface area (Å²) >= 11 is 0. The van der Waals surface area contributed by atoms with Crippen LogP contribution in [0.25, 0.3) is 0 Å². The largest absolute Gasteiger partial charge is 0.497 e. The number of benzene rings is 1. The van der Waals surface area contributed by atoms with E-state index in [9.17, 15) is 4.79 Å². The van der Waals surface area contributed by atoms with Gasteiger partial charge in [-0.2, -0.15) is 5.10 Å². The summed E-state index contributed by atoms with van der Waals surface area (Å²) in [6.45, 7) is 1.76. The summed E-state index contributed by atoms with van der Waals surface area (Å²) in [5.74, 6) is 0.975. The lowest BCUT2D eigenvalue weighted by Gasteiger charge is -2.12. The molecule has 2 aromatic rings. The zero-order valence-corrected chi connectivity index (χ0v) is 10.8. The molecule has 1 unspecified atom stereocenters. The van der Waals surface area contributed by atoms with Crippen LogP contribution in [0.5, 0.6) is 5.75 Å². The summed E-state index contributed by atoms with van der Waals surface area (Å²) in [7, 11) is 1.60. The summed E-state index contributed by atoms with van der Waals surface area (Å²) < 4.78 is 6.57. The van der Waals surface area contributed by atoms with Gasteiger partial charge in [-0.1, -0.05) is 0 Å². The van der Waals surface area contributed by atoms with Gasteiger partial charge in [-0.05, 0) is 37.3 Å². The minimum absolute atomic E-state index is 0.159. The molecule has 1 amide bonds. The molecule has 19 heavy (non-hydrogen) atoms. The third kappa shape index (κ3) is 3.04. The van der Waals surface area contributed by atoms with Gasteiger partial charge in [0, 0.05) is 11.9 Å². The maximum Gasteiger partial charge on any atom is 0.248 e. The summed E-state index contributed by atoms with van der Waals surface area (Å²) in [6, 6.07) is 8.34. The fraction of sp³-hybridized carbons (Fsp3) is 0.231. The zero-order valence-electron chi connectivity index (χ0n) is 10.8. The number of nitrogen functional groups attached to an aromatic ring is 1. The first-order valence-corrected chi connectivity index (χ1v) is 5.85. The lowest BCUT2D eigenvalue weighted by molar-refractivity contribution is -0.119. The summed E-state index contributed by atoms with van der Waals surface area (Å²) in [4.78, 5) is 12.0. The van der Waals surface area contributed by atoms with E-state index in [1.807, 2.05) is 0 Å². The van der Waals surface area contributed by atoms with Gasteiger partial charge in [0.05, 0.1) is 7.11 Å². The molecule has 0 spiro atoms. The van der Waals surface area contributed by atoms with Gasteiger partial charge in [0.2, 0.25) is 5.91 Å². The van der Waals surface area contributed by atoms with Crippen molar-refractivity contribution in [2.45, 2.75) is 13.0 Å². The topological polar surface area (TPSA) is 82.2 Å². The van der Waals surface area contributed by atoms with E-state index in [0.29, 0.717) is 11.5 Å². The SMILES string of the molecule is COc1ccc(NC(=O)C(C)n2ccc(N)n2)cc1. The van der Waals surface area contributed by atoms with Crippen LogP contribution >= 0.6 is 0 Å². The van der Waals surface area contributed by atoms with Crippen molar-refractivity contribution in [2.24, 2.45) is 0 Å². The quantitative estimate of drug-likeness (QED) is 0.876. The second kappa shape index (κ2) is 5.43. The number of rotatable bonds is 4. The van der Waals surface area contributed by atoms with Gasteiger partial charge in [0.25, 0.3) is 0 Å². The van der Waals surface area contributed by atoms with Crippen molar-refractivity contribution >= 4 is 17.4 Å². The molecule has 0 aliphatic carbocycles. The van der Waals surface area contributed by atoms with Crippen LogP contribution in [-0.4, -0.2) is 22.8 Å². The molecule has 1 atom stereocenters. The standard InChI is InChI=1S/C13H16N4O2/c1-9(17-8-7-12(14)16-17)13(18)15-10-3-5-11(19-2)6-4-10/h3-9H,1-2H3,(H2,14,16)(H,15,18). The second-order valence-electron chi connectivity index (χ2n) is 4.11. The van der Waals surface area contributed by atoms with Crippen LogP contribution in [0.3, 0.4) is 0 Å². The Bertz CT molecular complexity index is 562. The van der Waals surface area contributed by atoms with Gasteiger partial charge in [-0.25, -0.2) is 0 Å². The summed E-state index contributed by atoms with van der Waals surface area (Å²) in [5, 5.41) is 6.82. The van der Waals surface area contributed by atoms with Crippen molar-refractivity contribution < 1.29 is 9.53 Å². The molecule has 0 bridgehead atoms. The first-order valence-electron chi connectivity index (χ1n) is 5.85. The first kappa shape index (κ1) is 12.9. The van der Waals surface area contributed by atoms with E-state index in [-0.39, 0.29) is 5.91 Å². The number of nitrogens with one attached hydrogen (secondary N) is 1. The molecule has 1 aromatic carbocycles. The number of ether oxygens (including phenoxy) is 1. The van der Waals surface area contributed by atoms with Crippen LogP contribution in [0, 0.1) is 0 Å². The Morgan fingerprint density at radius 3 is 2.58 bits per heavy atom. The Balaban J connectivity index is 2.03. The maximum atomic E-state index is 12.0. The lowest BCUT2D eigenvalue weighted by atomic mass is 10.2. The molecular formula is C13H16N4O2. The molecule has 1 heterocycles. The van der Waals surface area contributed by atoms with Gasteiger partial charge in [0.1, 0.15) is 17.6 Å². The third-order valence-corrected chi connectivity index (χ3v) is 2.76. The number of carbonyl (C=O) groups excluding carboxylic acids is 1. The predicted octanol–water partition coefficient (Wildman–Crippen LogP) is 1.67. The van der Waals surface area contributed by atoms with Crippen molar-refractivity contribution in [3.8, 4) is 5.75 Å². The van der Waals surface area contributed by atoms with Gasteiger partial charge in [-0.3, -0.25) is 9.48 Å². The van der Waals surface area contributed by atoms with Crippen molar-refractivity contribution in [2.75, 3.05) is 18.2 Å². The normalized spacial score (nSPS) is 11.9. The van der Waals surface area contributed by atoms with Crippen molar-refractivity contribution in [1.82, 2.24) is 9.78 Å². The van der Waals surface area contributed by atoms with E-state index in [2.05, 4.69) is 10.4 Å². The number of methoxy groups -OCH3 is 1. The van der Waals surface area contributed by atoms with E-state index >= 15 is 0 Å². The molecule has 1 aromatic heterocycles. The Kier molecular flexibility index (Phi) is 3.70. The molecule has 3 N–H and O–H groups in total. The highest BCUT2D eigenvalue weighted by Crippen LogP contribution is 2.16.